The second-order valence-electron chi connectivity index (χ2n) is 12.2. The molecule has 0 saturated heterocycles. The third-order valence-corrected chi connectivity index (χ3v) is 9.47. The second kappa shape index (κ2) is 9.39. The van der Waals surface area contributed by atoms with E-state index in [0.717, 1.165) is 30.7 Å². The normalized spacial score (nSPS) is 27.8. The van der Waals surface area contributed by atoms with Gasteiger partial charge in [-0.2, -0.15) is 0 Å². The van der Waals surface area contributed by atoms with Crippen molar-refractivity contribution < 1.29 is 39.2 Å². The topological polar surface area (TPSA) is 161 Å². The molecule has 4 aliphatic carbocycles. The number of fused-ring (bicyclic) bond motifs is 4. The number of phenolic OH excluding ortho intramolecular Hbond substituents is 1. The van der Waals surface area contributed by atoms with Gasteiger partial charge in [-0.1, -0.05) is 31.4 Å². The van der Waals surface area contributed by atoms with Crippen LogP contribution in [0.5, 0.6) is 5.75 Å². The lowest BCUT2D eigenvalue weighted by Gasteiger charge is -2.50. The number of aliphatic hydroxyl groups excluding tert-OH is 2. The molecule has 0 spiro atoms. The van der Waals surface area contributed by atoms with Crippen LogP contribution < -0.4 is 5.73 Å². The molecule has 2 fully saturated rings. The number of nitrogens with two attached hydrogens (primary N) is 1. The van der Waals surface area contributed by atoms with E-state index in [1.54, 1.807) is 12.1 Å². The fourth-order valence-electron chi connectivity index (χ4n) is 7.26. The molecule has 0 aromatic heterocycles. The first-order valence-electron chi connectivity index (χ1n) is 14.0. The Kier molecular flexibility index (Phi) is 6.28. The number of phenols is 1. The number of benzene rings is 2. The largest absolute Gasteiger partial charge is 0.508 e. The van der Waals surface area contributed by atoms with E-state index < -0.39 is 63.9 Å². The SMILES string of the molecule is CN(C)[C@@H]1C(=O)C(C(N)=O)=C(O)[C@@]2(O)C(=O)C3=C(O)c4c(c(F)c5ccc(CCCC6CC6)cc5c4O)C[C@H]3C[C@@H]12. The fourth-order valence-corrected chi connectivity index (χ4v) is 7.26. The number of amides is 1. The Labute approximate surface area is 235 Å². The molecule has 1 amide bonds. The highest BCUT2D eigenvalue weighted by Crippen LogP contribution is 2.54. The molecule has 4 atom stereocenters. The Bertz CT molecular complexity index is 1610. The minimum atomic E-state index is -2.73. The molecule has 0 heterocycles. The average Bonchev–Trinajstić information content (AvgIpc) is 3.73. The molecule has 6 rings (SSSR count). The van der Waals surface area contributed by atoms with Gasteiger partial charge >= 0.3 is 0 Å². The van der Waals surface area contributed by atoms with Crippen molar-refractivity contribution in [2.75, 3.05) is 14.1 Å². The average molecular weight is 565 g/mol. The Balaban J connectivity index is 1.49. The number of carbonyl (C=O) groups excluding carboxylic acids is 3. The number of aromatic hydroxyl groups is 1. The first kappa shape index (κ1) is 27.4. The maximum absolute atomic E-state index is 16.0. The van der Waals surface area contributed by atoms with E-state index in [0.29, 0.717) is 0 Å². The van der Waals surface area contributed by atoms with Gasteiger partial charge in [0.1, 0.15) is 28.7 Å². The number of aryl methyl sites for hydroxylation is 1. The van der Waals surface area contributed by atoms with Crippen molar-refractivity contribution in [1.29, 1.82) is 0 Å². The summed E-state index contributed by atoms with van der Waals surface area (Å²) < 4.78 is 16.0. The molecule has 2 aromatic carbocycles. The summed E-state index contributed by atoms with van der Waals surface area (Å²) >= 11 is 0. The van der Waals surface area contributed by atoms with Crippen LogP contribution in [0.15, 0.2) is 35.1 Å². The highest BCUT2D eigenvalue weighted by atomic mass is 19.1. The summed E-state index contributed by atoms with van der Waals surface area (Å²) in [5.74, 6) is -7.37. The number of primary amides is 1. The summed E-state index contributed by atoms with van der Waals surface area (Å²) in [6.45, 7) is 0. The molecule has 2 aromatic rings. The number of nitrogens with zero attached hydrogens (tertiary/aromatic N) is 1. The minimum Gasteiger partial charge on any atom is -0.508 e. The fraction of sp³-hybridized carbons (Fsp3) is 0.452. The van der Waals surface area contributed by atoms with Crippen molar-refractivity contribution >= 4 is 34.0 Å². The predicted molar refractivity (Wildman–Crippen MR) is 147 cm³/mol. The number of rotatable bonds is 6. The molecule has 0 aliphatic heterocycles. The molecule has 10 heteroatoms. The van der Waals surface area contributed by atoms with Gasteiger partial charge in [0, 0.05) is 27.8 Å². The first-order chi connectivity index (χ1) is 19.4. The van der Waals surface area contributed by atoms with E-state index in [1.165, 1.54) is 31.8 Å². The van der Waals surface area contributed by atoms with E-state index in [-0.39, 0.29) is 46.1 Å². The third kappa shape index (κ3) is 3.91. The van der Waals surface area contributed by atoms with Crippen molar-refractivity contribution in [3.8, 4) is 5.75 Å². The highest BCUT2D eigenvalue weighted by molar-refractivity contribution is 6.24. The quantitative estimate of drug-likeness (QED) is 0.335. The van der Waals surface area contributed by atoms with E-state index in [9.17, 15) is 34.8 Å². The predicted octanol–water partition coefficient (Wildman–Crippen LogP) is 2.99. The van der Waals surface area contributed by atoms with E-state index in [1.807, 2.05) is 6.07 Å². The molecular formula is C31H33FN2O7. The van der Waals surface area contributed by atoms with Gasteiger partial charge in [0.05, 0.1) is 11.6 Å². The van der Waals surface area contributed by atoms with Crippen LogP contribution in [0, 0.1) is 23.6 Å². The number of hydrogen-bond donors (Lipinski definition) is 5. The van der Waals surface area contributed by atoms with Crippen LogP contribution in [0.4, 0.5) is 4.39 Å². The number of likely N-dealkylation sites (N-methyl/N-ethyl adjacent to an activating group) is 1. The van der Waals surface area contributed by atoms with Gasteiger partial charge in [0.2, 0.25) is 5.78 Å². The van der Waals surface area contributed by atoms with Gasteiger partial charge in [0.25, 0.3) is 5.91 Å². The zero-order chi connectivity index (χ0) is 29.5. The molecular weight excluding hydrogens is 531 g/mol. The monoisotopic (exact) mass is 564 g/mol. The molecule has 0 unspecified atom stereocenters. The summed E-state index contributed by atoms with van der Waals surface area (Å²) in [5, 5.41) is 45.8. The summed E-state index contributed by atoms with van der Waals surface area (Å²) in [7, 11) is 3.05. The van der Waals surface area contributed by atoms with E-state index in [2.05, 4.69) is 0 Å². The zero-order valence-electron chi connectivity index (χ0n) is 22.9. The number of aliphatic hydroxyl groups is 3. The van der Waals surface area contributed by atoms with Crippen LogP contribution >= 0.6 is 0 Å². The summed E-state index contributed by atoms with van der Waals surface area (Å²) in [6, 6.07) is 3.95. The third-order valence-electron chi connectivity index (χ3n) is 9.47. The second-order valence-corrected chi connectivity index (χ2v) is 12.2. The van der Waals surface area contributed by atoms with Crippen LogP contribution in [0.1, 0.15) is 48.8 Å². The summed E-state index contributed by atoms with van der Waals surface area (Å²) in [5.41, 5.74) is 2.16. The minimum absolute atomic E-state index is 0.0297. The lowest BCUT2D eigenvalue weighted by Crippen LogP contribution is -2.65. The summed E-state index contributed by atoms with van der Waals surface area (Å²) in [6.07, 6.45) is 5.16. The van der Waals surface area contributed by atoms with Gasteiger partial charge < -0.3 is 26.2 Å². The van der Waals surface area contributed by atoms with Crippen molar-refractivity contribution in [2.24, 2.45) is 23.5 Å². The Morgan fingerprint density at radius 2 is 1.85 bits per heavy atom. The molecule has 6 N–H and O–H groups in total. The molecule has 0 bridgehead atoms. The Morgan fingerprint density at radius 3 is 2.49 bits per heavy atom. The van der Waals surface area contributed by atoms with Crippen LogP contribution in [0.3, 0.4) is 0 Å². The van der Waals surface area contributed by atoms with Crippen molar-refractivity contribution in [3.05, 3.63) is 57.6 Å². The molecule has 4 aliphatic rings. The maximum Gasteiger partial charge on any atom is 0.255 e. The number of halogens is 1. The smallest absolute Gasteiger partial charge is 0.255 e. The highest BCUT2D eigenvalue weighted by Gasteiger charge is 2.64. The molecule has 41 heavy (non-hydrogen) atoms. The van der Waals surface area contributed by atoms with Gasteiger partial charge in [0.15, 0.2) is 11.4 Å². The van der Waals surface area contributed by atoms with Crippen molar-refractivity contribution in [1.82, 2.24) is 4.90 Å². The van der Waals surface area contributed by atoms with Gasteiger partial charge in [-0.15, -0.1) is 0 Å². The Morgan fingerprint density at radius 1 is 1.15 bits per heavy atom. The standard InChI is InChI=1S/C31H33FN2O7/c1-34(2)24-19-12-15-11-18-21(26(36)20(15)28(38)31(19,41)29(39)22(27(24)37)30(33)40)25(35)17-10-14(5-3-4-13-6-7-13)8-9-16(17)23(18)32/h8-10,13,15,19,24,35-36,39,41H,3-7,11-12H2,1-2H3,(H2,33,40)/t15-,19-,24-,31-/m0/s1. The Hall–Kier alpha value is -3.76. The number of hydrogen-bond acceptors (Lipinski definition) is 8. The van der Waals surface area contributed by atoms with Crippen LogP contribution in [-0.2, 0) is 27.2 Å². The number of ketones is 2. The van der Waals surface area contributed by atoms with Crippen LogP contribution in [0.2, 0.25) is 0 Å². The van der Waals surface area contributed by atoms with Gasteiger partial charge in [-0.25, -0.2) is 4.39 Å². The summed E-state index contributed by atoms with van der Waals surface area (Å²) in [4.78, 5) is 40.7. The van der Waals surface area contributed by atoms with Crippen molar-refractivity contribution in [2.45, 2.75) is 56.6 Å². The molecule has 2 saturated carbocycles. The zero-order valence-corrected chi connectivity index (χ0v) is 22.9. The van der Waals surface area contributed by atoms with Gasteiger partial charge in [-0.3, -0.25) is 19.3 Å². The number of Topliss-reactive ketones (excluding diaryl/α,β-unsaturated/α-hetero) is 2. The molecule has 9 nitrogen and oxygen atoms in total. The van der Waals surface area contributed by atoms with Crippen molar-refractivity contribution in [3.63, 3.8) is 0 Å². The lowest BCUT2D eigenvalue weighted by atomic mass is 9.57. The molecule has 216 valence electrons. The van der Waals surface area contributed by atoms with Gasteiger partial charge in [-0.05, 0) is 63.2 Å². The maximum atomic E-state index is 16.0. The van der Waals surface area contributed by atoms with Crippen LogP contribution in [0.25, 0.3) is 16.5 Å². The number of carbonyl (C=O) groups is 3. The van der Waals surface area contributed by atoms with E-state index in [4.69, 9.17) is 5.73 Å². The molecule has 0 radical (unpaired) electrons. The van der Waals surface area contributed by atoms with Crippen LogP contribution in [-0.4, -0.2) is 68.5 Å². The van der Waals surface area contributed by atoms with E-state index >= 15 is 4.39 Å². The lowest BCUT2D eigenvalue weighted by molar-refractivity contribution is -0.153. The first-order valence-corrected chi connectivity index (χ1v) is 14.0.